The molecule has 5 heteroatoms. The topological polar surface area (TPSA) is 80.9 Å². The van der Waals surface area contributed by atoms with Crippen molar-refractivity contribution in [1.29, 1.82) is 0 Å². The molecule has 0 aliphatic rings. The maximum atomic E-state index is 11.2. The molecule has 0 radical (unpaired) electrons. The summed E-state index contributed by atoms with van der Waals surface area (Å²) in [5.74, 6) is -0.443. The standard InChI is InChI=1S/C17H14N4O/c18-17(22)13-2-1-3-15(10-13)21-14-6-4-12(5-7-14)16-11-19-8-9-20-16/h1-11,21H,(H2,18,22). The Kier molecular flexibility index (Phi) is 3.78. The Morgan fingerprint density at radius 1 is 1.00 bits per heavy atom. The number of nitrogens with zero attached hydrogens (tertiary/aromatic N) is 2. The highest BCUT2D eigenvalue weighted by molar-refractivity contribution is 5.93. The molecule has 1 heterocycles. The van der Waals surface area contributed by atoms with Gasteiger partial charge in [-0.15, -0.1) is 0 Å². The zero-order valence-corrected chi connectivity index (χ0v) is 11.7. The van der Waals surface area contributed by atoms with Crippen LogP contribution in [0.4, 0.5) is 11.4 Å². The van der Waals surface area contributed by atoms with Crippen molar-refractivity contribution in [2.75, 3.05) is 5.32 Å². The fourth-order valence-corrected chi connectivity index (χ4v) is 2.09. The smallest absolute Gasteiger partial charge is 0.248 e. The van der Waals surface area contributed by atoms with Crippen LogP contribution in [0.5, 0.6) is 0 Å². The number of rotatable bonds is 4. The van der Waals surface area contributed by atoms with E-state index in [-0.39, 0.29) is 0 Å². The van der Waals surface area contributed by atoms with Crippen molar-refractivity contribution < 1.29 is 4.79 Å². The van der Waals surface area contributed by atoms with Crippen molar-refractivity contribution in [3.05, 3.63) is 72.7 Å². The molecule has 0 fully saturated rings. The molecule has 0 aliphatic heterocycles. The Balaban J connectivity index is 1.79. The number of carbonyl (C=O) groups is 1. The Hall–Kier alpha value is -3.21. The van der Waals surface area contributed by atoms with Gasteiger partial charge in [0, 0.05) is 34.9 Å². The van der Waals surface area contributed by atoms with Gasteiger partial charge in [0.25, 0.3) is 0 Å². The van der Waals surface area contributed by atoms with Gasteiger partial charge in [-0.25, -0.2) is 0 Å². The van der Waals surface area contributed by atoms with E-state index in [1.165, 1.54) is 0 Å². The second-order valence-electron chi connectivity index (χ2n) is 4.74. The van der Waals surface area contributed by atoms with Crippen LogP contribution in [0.1, 0.15) is 10.4 Å². The van der Waals surface area contributed by atoms with E-state index in [0.29, 0.717) is 5.56 Å². The molecule has 22 heavy (non-hydrogen) atoms. The molecule has 3 aromatic rings. The SMILES string of the molecule is NC(=O)c1cccc(Nc2ccc(-c3cnccn3)cc2)c1. The molecule has 0 aliphatic carbocycles. The number of anilines is 2. The van der Waals surface area contributed by atoms with Gasteiger partial charge in [-0.1, -0.05) is 18.2 Å². The van der Waals surface area contributed by atoms with Crippen LogP contribution in [0.15, 0.2) is 67.1 Å². The molecule has 0 atom stereocenters. The number of benzene rings is 2. The minimum atomic E-state index is -0.443. The third-order valence-electron chi connectivity index (χ3n) is 3.18. The highest BCUT2D eigenvalue weighted by atomic mass is 16.1. The summed E-state index contributed by atoms with van der Waals surface area (Å²) in [6.07, 6.45) is 5.03. The average molecular weight is 290 g/mol. The van der Waals surface area contributed by atoms with Crippen LogP contribution in [0.3, 0.4) is 0 Å². The van der Waals surface area contributed by atoms with Gasteiger partial charge in [0.15, 0.2) is 0 Å². The van der Waals surface area contributed by atoms with Gasteiger partial charge in [0.1, 0.15) is 0 Å². The Bertz CT molecular complexity index is 785. The molecule has 3 N–H and O–H groups in total. The van der Waals surface area contributed by atoms with Crippen molar-refractivity contribution in [3.63, 3.8) is 0 Å². The number of amides is 1. The van der Waals surface area contributed by atoms with E-state index in [0.717, 1.165) is 22.6 Å². The number of hydrogen-bond acceptors (Lipinski definition) is 4. The lowest BCUT2D eigenvalue weighted by atomic mass is 10.1. The molecule has 1 amide bonds. The largest absolute Gasteiger partial charge is 0.366 e. The first kappa shape index (κ1) is 13.8. The summed E-state index contributed by atoms with van der Waals surface area (Å²) < 4.78 is 0. The van der Waals surface area contributed by atoms with E-state index in [1.54, 1.807) is 36.8 Å². The van der Waals surface area contributed by atoms with Crippen LogP contribution in [0.25, 0.3) is 11.3 Å². The second kappa shape index (κ2) is 6.05. The maximum absolute atomic E-state index is 11.2. The van der Waals surface area contributed by atoms with E-state index < -0.39 is 5.91 Å². The van der Waals surface area contributed by atoms with Gasteiger partial charge in [0.2, 0.25) is 5.91 Å². The summed E-state index contributed by atoms with van der Waals surface area (Å²) >= 11 is 0. The Morgan fingerprint density at radius 2 is 1.82 bits per heavy atom. The minimum Gasteiger partial charge on any atom is -0.366 e. The second-order valence-corrected chi connectivity index (χ2v) is 4.74. The Labute approximate surface area is 127 Å². The molecule has 3 rings (SSSR count). The summed E-state index contributed by atoms with van der Waals surface area (Å²) in [5.41, 5.74) is 9.29. The number of carbonyl (C=O) groups excluding carboxylic acids is 1. The van der Waals surface area contributed by atoms with Gasteiger partial charge in [-0.2, -0.15) is 0 Å². The molecular formula is C17H14N4O. The van der Waals surface area contributed by atoms with Gasteiger partial charge in [-0.3, -0.25) is 14.8 Å². The first-order valence-electron chi connectivity index (χ1n) is 6.76. The summed E-state index contributed by atoms with van der Waals surface area (Å²) in [6.45, 7) is 0. The van der Waals surface area contributed by atoms with Gasteiger partial charge in [0.05, 0.1) is 11.9 Å². The highest BCUT2D eigenvalue weighted by Crippen LogP contribution is 2.22. The Morgan fingerprint density at radius 3 is 2.50 bits per heavy atom. The summed E-state index contributed by atoms with van der Waals surface area (Å²) in [6, 6.07) is 14.9. The first-order chi connectivity index (χ1) is 10.7. The van der Waals surface area contributed by atoms with Gasteiger partial charge >= 0.3 is 0 Å². The molecule has 0 saturated carbocycles. The average Bonchev–Trinajstić information content (AvgIpc) is 2.56. The van der Waals surface area contributed by atoms with Crippen molar-refractivity contribution >= 4 is 17.3 Å². The quantitative estimate of drug-likeness (QED) is 0.774. The van der Waals surface area contributed by atoms with Crippen LogP contribution in [0, 0.1) is 0 Å². The molecular weight excluding hydrogens is 276 g/mol. The first-order valence-corrected chi connectivity index (χ1v) is 6.76. The lowest BCUT2D eigenvalue weighted by Crippen LogP contribution is -2.10. The fourth-order valence-electron chi connectivity index (χ4n) is 2.09. The van der Waals surface area contributed by atoms with Crippen LogP contribution < -0.4 is 11.1 Å². The number of aromatic nitrogens is 2. The van der Waals surface area contributed by atoms with Crippen molar-refractivity contribution in [2.45, 2.75) is 0 Å². The lowest BCUT2D eigenvalue weighted by molar-refractivity contribution is 0.100. The normalized spacial score (nSPS) is 10.2. The van der Waals surface area contributed by atoms with E-state index in [2.05, 4.69) is 15.3 Å². The molecule has 0 spiro atoms. The van der Waals surface area contributed by atoms with Crippen molar-refractivity contribution in [1.82, 2.24) is 9.97 Å². The van der Waals surface area contributed by atoms with Crippen molar-refractivity contribution in [3.8, 4) is 11.3 Å². The van der Waals surface area contributed by atoms with E-state index in [4.69, 9.17) is 5.73 Å². The summed E-state index contributed by atoms with van der Waals surface area (Å²) in [4.78, 5) is 19.5. The van der Waals surface area contributed by atoms with E-state index in [9.17, 15) is 4.79 Å². The number of primary amides is 1. The van der Waals surface area contributed by atoms with Crippen LogP contribution in [-0.2, 0) is 0 Å². The zero-order chi connectivity index (χ0) is 15.4. The molecule has 0 unspecified atom stereocenters. The van der Waals surface area contributed by atoms with Gasteiger partial charge < -0.3 is 11.1 Å². The molecule has 5 nitrogen and oxygen atoms in total. The van der Waals surface area contributed by atoms with Crippen LogP contribution in [0.2, 0.25) is 0 Å². The van der Waals surface area contributed by atoms with Crippen molar-refractivity contribution in [2.24, 2.45) is 5.73 Å². The summed E-state index contributed by atoms with van der Waals surface area (Å²) in [5, 5.41) is 3.23. The minimum absolute atomic E-state index is 0.443. The lowest BCUT2D eigenvalue weighted by Gasteiger charge is -2.08. The third-order valence-corrected chi connectivity index (χ3v) is 3.18. The van der Waals surface area contributed by atoms with Gasteiger partial charge in [-0.05, 0) is 30.3 Å². The maximum Gasteiger partial charge on any atom is 0.248 e. The fraction of sp³-hybridized carbons (Fsp3) is 0. The third kappa shape index (κ3) is 3.09. The van der Waals surface area contributed by atoms with E-state index >= 15 is 0 Å². The molecule has 2 aromatic carbocycles. The van der Waals surface area contributed by atoms with Crippen LogP contribution >= 0.6 is 0 Å². The monoisotopic (exact) mass is 290 g/mol. The molecule has 0 bridgehead atoms. The number of nitrogens with one attached hydrogen (secondary N) is 1. The zero-order valence-electron chi connectivity index (χ0n) is 11.7. The predicted molar refractivity (Wildman–Crippen MR) is 85.7 cm³/mol. The van der Waals surface area contributed by atoms with E-state index in [1.807, 2.05) is 30.3 Å². The molecule has 0 saturated heterocycles. The molecule has 108 valence electrons. The predicted octanol–water partition coefficient (Wildman–Crippen LogP) is 2.99. The highest BCUT2D eigenvalue weighted by Gasteiger charge is 2.02. The molecule has 1 aromatic heterocycles. The summed E-state index contributed by atoms with van der Waals surface area (Å²) in [7, 11) is 0. The number of nitrogens with two attached hydrogens (primary N) is 1. The number of hydrogen-bond donors (Lipinski definition) is 2. The van der Waals surface area contributed by atoms with Crippen LogP contribution in [-0.4, -0.2) is 15.9 Å².